The van der Waals surface area contributed by atoms with Gasteiger partial charge in [0.15, 0.2) is 0 Å². The van der Waals surface area contributed by atoms with E-state index in [9.17, 15) is 5.26 Å². The summed E-state index contributed by atoms with van der Waals surface area (Å²) in [5, 5.41) is 13.0. The molecule has 2 aliphatic rings. The third-order valence-electron chi connectivity index (χ3n) is 4.56. The molecule has 21 heavy (non-hydrogen) atoms. The molecule has 1 aliphatic carbocycles. The molecule has 2 heterocycles. The lowest BCUT2D eigenvalue weighted by Gasteiger charge is -2.37. The van der Waals surface area contributed by atoms with Crippen LogP contribution < -0.4 is 5.32 Å². The van der Waals surface area contributed by atoms with Gasteiger partial charge in [-0.15, -0.1) is 0 Å². The van der Waals surface area contributed by atoms with E-state index in [1.54, 1.807) is 6.20 Å². The van der Waals surface area contributed by atoms with Crippen molar-refractivity contribution in [3.63, 3.8) is 0 Å². The van der Waals surface area contributed by atoms with Gasteiger partial charge in [-0.2, -0.15) is 5.26 Å². The maximum Gasteiger partial charge on any atom is 0.101 e. The third kappa shape index (κ3) is 1.84. The number of nitrogens with one attached hydrogen (secondary N) is 1. The predicted octanol–water partition coefficient (Wildman–Crippen LogP) is 3.78. The van der Waals surface area contributed by atoms with E-state index in [1.807, 2.05) is 24.4 Å². The van der Waals surface area contributed by atoms with E-state index in [4.69, 9.17) is 0 Å². The Balaban J connectivity index is 1.85. The zero-order valence-corrected chi connectivity index (χ0v) is 11.5. The molecule has 0 bridgehead atoms. The van der Waals surface area contributed by atoms with Gasteiger partial charge in [0.1, 0.15) is 6.07 Å². The third-order valence-corrected chi connectivity index (χ3v) is 4.56. The minimum absolute atomic E-state index is 0.209. The summed E-state index contributed by atoms with van der Waals surface area (Å²) in [6, 6.07) is 12.6. The van der Waals surface area contributed by atoms with Crippen LogP contribution in [0.1, 0.15) is 35.1 Å². The fourth-order valence-corrected chi connectivity index (χ4v) is 3.60. The number of hydrogen-bond acceptors (Lipinski definition) is 3. The van der Waals surface area contributed by atoms with Crippen molar-refractivity contribution in [3.8, 4) is 6.07 Å². The maximum absolute atomic E-state index is 9.37. The molecule has 4 rings (SSSR count). The number of aromatic nitrogens is 1. The van der Waals surface area contributed by atoms with Crippen LogP contribution in [0.25, 0.3) is 0 Å². The summed E-state index contributed by atoms with van der Waals surface area (Å²) in [7, 11) is 0. The SMILES string of the molecule is N#Cc1cccc2c1NC(c1cccnc1)C1CC=CC21. The Bertz CT molecular complexity index is 743. The Labute approximate surface area is 124 Å². The molecule has 0 fully saturated rings. The van der Waals surface area contributed by atoms with Crippen LogP contribution in [0.3, 0.4) is 0 Å². The van der Waals surface area contributed by atoms with Crippen molar-refractivity contribution in [1.29, 1.82) is 5.26 Å². The number of benzene rings is 1. The van der Waals surface area contributed by atoms with Crippen LogP contribution in [0.5, 0.6) is 0 Å². The fraction of sp³-hybridized carbons (Fsp3) is 0.222. The average Bonchev–Trinajstić information content (AvgIpc) is 3.04. The number of pyridine rings is 1. The number of para-hydroxylation sites is 1. The van der Waals surface area contributed by atoms with E-state index in [0.717, 1.165) is 17.7 Å². The van der Waals surface area contributed by atoms with Gasteiger partial charge in [0, 0.05) is 18.3 Å². The molecule has 0 saturated heterocycles. The molecule has 0 spiro atoms. The summed E-state index contributed by atoms with van der Waals surface area (Å²) in [5.74, 6) is 0.885. The van der Waals surface area contributed by atoms with Gasteiger partial charge in [0.25, 0.3) is 0 Å². The summed E-state index contributed by atoms with van der Waals surface area (Å²) >= 11 is 0. The Morgan fingerprint density at radius 3 is 3.00 bits per heavy atom. The van der Waals surface area contributed by atoms with E-state index >= 15 is 0 Å². The number of nitriles is 1. The van der Waals surface area contributed by atoms with Gasteiger partial charge in [-0.1, -0.05) is 30.4 Å². The minimum Gasteiger partial charge on any atom is -0.377 e. The van der Waals surface area contributed by atoms with Crippen LogP contribution in [0.2, 0.25) is 0 Å². The molecule has 1 aliphatic heterocycles. The summed E-state index contributed by atoms with van der Waals surface area (Å²) in [4.78, 5) is 4.25. The van der Waals surface area contributed by atoms with Crippen molar-refractivity contribution in [2.45, 2.75) is 18.4 Å². The van der Waals surface area contributed by atoms with Gasteiger partial charge >= 0.3 is 0 Å². The number of nitrogens with zero attached hydrogens (tertiary/aromatic N) is 2. The summed E-state index contributed by atoms with van der Waals surface area (Å²) in [5.41, 5.74) is 4.14. The van der Waals surface area contributed by atoms with Crippen molar-refractivity contribution < 1.29 is 0 Å². The van der Waals surface area contributed by atoms with Gasteiger partial charge in [-0.3, -0.25) is 4.98 Å². The highest BCUT2D eigenvalue weighted by molar-refractivity contribution is 5.67. The van der Waals surface area contributed by atoms with E-state index < -0.39 is 0 Å². The Morgan fingerprint density at radius 1 is 1.24 bits per heavy atom. The normalized spacial score (nSPS) is 25.6. The molecule has 1 aromatic heterocycles. The molecule has 3 atom stereocenters. The molecule has 2 aromatic rings. The summed E-state index contributed by atoms with van der Waals surface area (Å²) in [6.45, 7) is 0. The number of fused-ring (bicyclic) bond motifs is 3. The molecule has 1 N–H and O–H groups in total. The second-order valence-electron chi connectivity index (χ2n) is 5.64. The first-order valence-corrected chi connectivity index (χ1v) is 7.24. The maximum atomic E-state index is 9.37. The van der Waals surface area contributed by atoms with E-state index in [-0.39, 0.29) is 6.04 Å². The molecule has 0 radical (unpaired) electrons. The zero-order valence-electron chi connectivity index (χ0n) is 11.5. The van der Waals surface area contributed by atoms with Crippen molar-refractivity contribution in [1.82, 2.24) is 4.98 Å². The van der Waals surface area contributed by atoms with Crippen LogP contribution in [-0.4, -0.2) is 4.98 Å². The Morgan fingerprint density at radius 2 is 2.19 bits per heavy atom. The molecular weight excluding hydrogens is 258 g/mol. The lowest BCUT2D eigenvalue weighted by Crippen LogP contribution is -2.29. The average molecular weight is 273 g/mol. The molecule has 3 heteroatoms. The van der Waals surface area contributed by atoms with Crippen molar-refractivity contribution in [3.05, 3.63) is 71.6 Å². The highest BCUT2D eigenvalue weighted by Crippen LogP contribution is 2.50. The topological polar surface area (TPSA) is 48.7 Å². The van der Waals surface area contributed by atoms with Crippen LogP contribution in [-0.2, 0) is 0 Å². The quantitative estimate of drug-likeness (QED) is 0.804. The summed E-state index contributed by atoms with van der Waals surface area (Å²) < 4.78 is 0. The Kier molecular flexibility index (Phi) is 2.75. The second-order valence-corrected chi connectivity index (χ2v) is 5.64. The van der Waals surface area contributed by atoms with Gasteiger partial charge < -0.3 is 5.32 Å². The van der Waals surface area contributed by atoms with Gasteiger partial charge in [0.2, 0.25) is 0 Å². The van der Waals surface area contributed by atoms with Gasteiger partial charge in [-0.25, -0.2) is 0 Å². The molecule has 0 saturated carbocycles. The minimum atomic E-state index is 0.209. The molecule has 0 amide bonds. The smallest absolute Gasteiger partial charge is 0.101 e. The number of hydrogen-bond donors (Lipinski definition) is 1. The lowest BCUT2D eigenvalue weighted by atomic mass is 9.76. The highest BCUT2D eigenvalue weighted by Gasteiger charge is 2.38. The highest BCUT2D eigenvalue weighted by atomic mass is 15.0. The first-order chi connectivity index (χ1) is 10.4. The lowest BCUT2D eigenvalue weighted by molar-refractivity contribution is 0.424. The zero-order chi connectivity index (χ0) is 14.2. The van der Waals surface area contributed by atoms with E-state index in [1.165, 1.54) is 11.1 Å². The molecular formula is C18H15N3. The van der Waals surface area contributed by atoms with Crippen molar-refractivity contribution >= 4 is 5.69 Å². The van der Waals surface area contributed by atoms with Gasteiger partial charge in [0.05, 0.1) is 17.3 Å². The van der Waals surface area contributed by atoms with E-state index in [0.29, 0.717) is 11.8 Å². The number of allylic oxidation sites excluding steroid dienone is 2. The first kappa shape index (κ1) is 12.2. The van der Waals surface area contributed by atoms with Crippen LogP contribution in [0.4, 0.5) is 5.69 Å². The van der Waals surface area contributed by atoms with Gasteiger partial charge in [-0.05, 0) is 35.6 Å². The molecule has 1 aromatic carbocycles. The second kappa shape index (κ2) is 4.75. The van der Waals surface area contributed by atoms with Crippen molar-refractivity contribution in [2.75, 3.05) is 5.32 Å². The molecule has 3 nitrogen and oxygen atoms in total. The number of rotatable bonds is 1. The predicted molar refractivity (Wildman–Crippen MR) is 81.7 cm³/mol. The molecule has 102 valence electrons. The van der Waals surface area contributed by atoms with Crippen LogP contribution >= 0.6 is 0 Å². The summed E-state index contributed by atoms with van der Waals surface area (Å²) in [6.07, 6.45) is 9.33. The monoisotopic (exact) mass is 273 g/mol. The van der Waals surface area contributed by atoms with E-state index in [2.05, 4.69) is 40.7 Å². The Hall–Kier alpha value is -2.60. The van der Waals surface area contributed by atoms with Crippen LogP contribution in [0.15, 0.2) is 54.9 Å². The van der Waals surface area contributed by atoms with Crippen LogP contribution in [0, 0.1) is 17.2 Å². The van der Waals surface area contributed by atoms with Crippen molar-refractivity contribution in [2.24, 2.45) is 5.92 Å². The molecule has 3 unspecified atom stereocenters. The fourth-order valence-electron chi connectivity index (χ4n) is 3.60. The standard InChI is InChI=1S/C18H15N3/c19-10-12-4-1-7-15-14-6-2-8-16(14)18(21-17(12)15)13-5-3-9-20-11-13/h1-7,9,11,14,16,18,21H,8H2. The largest absolute Gasteiger partial charge is 0.377 e. The number of anilines is 1. The first-order valence-electron chi connectivity index (χ1n) is 7.24.